The molecule has 6 heteroatoms. The van der Waals surface area contributed by atoms with Crippen molar-refractivity contribution in [2.75, 3.05) is 0 Å². The number of pyridine rings is 1. The Morgan fingerprint density at radius 3 is 2.71 bits per heavy atom. The summed E-state index contributed by atoms with van der Waals surface area (Å²) in [4.78, 5) is 15.7. The lowest BCUT2D eigenvalue weighted by atomic mass is 9.88. The summed E-state index contributed by atoms with van der Waals surface area (Å²) < 4.78 is 25.2. The Morgan fingerprint density at radius 1 is 1.53 bits per heavy atom. The molecule has 1 amide bonds. The van der Waals surface area contributed by atoms with Crippen LogP contribution in [0.4, 0.5) is 8.78 Å². The number of nitrogens with one attached hydrogen (secondary N) is 1. The zero-order chi connectivity index (χ0) is 12.6. The molecule has 0 unspecified atom stereocenters. The van der Waals surface area contributed by atoms with Crippen LogP contribution in [0.2, 0.25) is 5.15 Å². The van der Waals surface area contributed by atoms with Crippen LogP contribution < -0.4 is 5.32 Å². The molecule has 1 heterocycles. The summed E-state index contributed by atoms with van der Waals surface area (Å²) in [7, 11) is 0. The van der Waals surface area contributed by atoms with Crippen molar-refractivity contribution in [3.8, 4) is 0 Å². The number of carbonyl (C=O) groups is 1. The minimum absolute atomic E-state index is 0.293. The molecule has 1 saturated carbocycles. The smallest absolute Gasteiger partial charge is 0.253 e. The number of rotatable bonds is 2. The van der Waals surface area contributed by atoms with E-state index in [1.54, 1.807) is 6.92 Å². The Kier molecular flexibility index (Phi) is 3.03. The molecule has 1 aromatic rings. The first kappa shape index (κ1) is 12.2. The van der Waals surface area contributed by atoms with E-state index in [0.717, 1.165) is 0 Å². The van der Waals surface area contributed by atoms with Crippen molar-refractivity contribution in [2.24, 2.45) is 0 Å². The lowest BCUT2D eigenvalue weighted by Gasteiger charge is -2.35. The van der Waals surface area contributed by atoms with Crippen molar-refractivity contribution in [3.05, 3.63) is 28.5 Å². The molecule has 0 radical (unpaired) electrons. The summed E-state index contributed by atoms with van der Waals surface area (Å²) in [5.74, 6) is -3.02. The highest BCUT2D eigenvalue weighted by molar-refractivity contribution is 6.29. The van der Waals surface area contributed by atoms with Crippen LogP contribution in [0.3, 0.4) is 0 Å². The van der Waals surface area contributed by atoms with Crippen molar-refractivity contribution < 1.29 is 13.6 Å². The lowest BCUT2D eigenvalue weighted by molar-refractivity contribution is -0.0901. The van der Waals surface area contributed by atoms with Gasteiger partial charge in [0.25, 0.3) is 11.8 Å². The molecule has 3 nitrogen and oxygen atoms in total. The van der Waals surface area contributed by atoms with Gasteiger partial charge in [0.1, 0.15) is 5.15 Å². The van der Waals surface area contributed by atoms with Gasteiger partial charge < -0.3 is 5.32 Å². The molecular weight excluding hydrogens is 250 g/mol. The molecule has 0 aliphatic heterocycles. The standard InChI is InChI=1S/C11H11ClF2N2O/c1-6-8(2-3-9(12)15-6)10(17)16-7-4-11(13,14)5-7/h2-3,7H,4-5H2,1H3,(H,16,17). The average Bonchev–Trinajstić information content (AvgIpc) is 2.14. The Balaban J connectivity index is 2.01. The largest absolute Gasteiger partial charge is 0.349 e. The highest BCUT2D eigenvalue weighted by Crippen LogP contribution is 2.37. The fourth-order valence-electron chi connectivity index (χ4n) is 1.80. The van der Waals surface area contributed by atoms with Gasteiger partial charge in [0.15, 0.2) is 0 Å². The van der Waals surface area contributed by atoms with Crippen molar-refractivity contribution in [3.63, 3.8) is 0 Å². The van der Waals surface area contributed by atoms with Crippen molar-refractivity contribution in [1.29, 1.82) is 0 Å². The van der Waals surface area contributed by atoms with Gasteiger partial charge in [-0.15, -0.1) is 0 Å². The van der Waals surface area contributed by atoms with Gasteiger partial charge in [-0.25, -0.2) is 13.8 Å². The number of alkyl halides is 2. The van der Waals surface area contributed by atoms with Gasteiger partial charge in [0.05, 0.1) is 11.3 Å². The van der Waals surface area contributed by atoms with Gasteiger partial charge in [0, 0.05) is 18.9 Å². The summed E-state index contributed by atoms with van der Waals surface area (Å²) in [5, 5.41) is 2.85. The first-order valence-corrected chi connectivity index (χ1v) is 5.57. The van der Waals surface area contributed by atoms with E-state index in [2.05, 4.69) is 10.3 Å². The normalized spacial score (nSPS) is 18.6. The minimum Gasteiger partial charge on any atom is -0.349 e. The molecule has 0 atom stereocenters. The third-order valence-electron chi connectivity index (χ3n) is 2.72. The second-order valence-corrected chi connectivity index (χ2v) is 4.59. The molecule has 0 spiro atoms. The number of aromatic nitrogens is 1. The van der Waals surface area contributed by atoms with E-state index >= 15 is 0 Å². The molecule has 0 saturated heterocycles. The minimum atomic E-state index is -2.63. The fraction of sp³-hybridized carbons (Fsp3) is 0.455. The number of aryl methyl sites for hydroxylation is 1. The quantitative estimate of drug-likeness (QED) is 0.831. The van der Waals surface area contributed by atoms with Crippen LogP contribution in [0.25, 0.3) is 0 Å². The molecule has 0 bridgehead atoms. The van der Waals surface area contributed by atoms with E-state index < -0.39 is 12.0 Å². The van der Waals surface area contributed by atoms with Gasteiger partial charge in [-0.05, 0) is 19.1 Å². The maximum absolute atomic E-state index is 12.6. The number of hydrogen-bond donors (Lipinski definition) is 1. The number of nitrogens with zero attached hydrogens (tertiary/aromatic N) is 1. The monoisotopic (exact) mass is 260 g/mol. The Labute approximate surface area is 102 Å². The van der Waals surface area contributed by atoms with Gasteiger partial charge in [-0.3, -0.25) is 4.79 Å². The molecule has 0 aromatic carbocycles. The number of carbonyl (C=O) groups excluding carboxylic acids is 1. The van der Waals surface area contributed by atoms with Crippen LogP contribution in [0.1, 0.15) is 28.9 Å². The molecule has 1 N–H and O–H groups in total. The molecule has 2 rings (SSSR count). The fourth-order valence-corrected chi connectivity index (χ4v) is 1.99. The van der Waals surface area contributed by atoms with Gasteiger partial charge >= 0.3 is 0 Å². The molecule has 92 valence electrons. The van der Waals surface area contributed by atoms with Crippen LogP contribution in [-0.4, -0.2) is 22.9 Å². The van der Waals surface area contributed by atoms with Gasteiger partial charge in [-0.1, -0.05) is 11.6 Å². The summed E-state index contributed by atoms with van der Waals surface area (Å²) in [6.07, 6.45) is -0.586. The van der Waals surface area contributed by atoms with Crippen LogP contribution in [0, 0.1) is 6.92 Å². The number of halogens is 3. The molecule has 1 aromatic heterocycles. The van der Waals surface area contributed by atoms with E-state index in [9.17, 15) is 13.6 Å². The second kappa shape index (κ2) is 4.22. The topological polar surface area (TPSA) is 42.0 Å². The van der Waals surface area contributed by atoms with Crippen LogP contribution in [0.5, 0.6) is 0 Å². The van der Waals surface area contributed by atoms with Crippen LogP contribution >= 0.6 is 11.6 Å². The zero-order valence-corrected chi connectivity index (χ0v) is 9.89. The van der Waals surface area contributed by atoms with E-state index in [1.807, 2.05) is 0 Å². The molecule has 1 aliphatic carbocycles. The highest BCUT2D eigenvalue weighted by atomic mass is 35.5. The average molecular weight is 261 g/mol. The zero-order valence-electron chi connectivity index (χ0n) is 9.14. The van der Waals surface area contributed by atoms with E-state index in [4.69, 9.17) is 11.6 Å². The number of hydrogen-bond acceptors (Lipinski definition) is 2. The SMILES string of the molecule is Cc1nc(Cl)ccc1C(=O)NC1CC(F)(F)C1. The predicted molar refractivity (Wildman–Crippen MR) is 59.4 cm³/mol. The Hall–Kier alpha value is -1.23. The second-order valence-electron chi connectivity index (χ2n) is 4.20. The molecular formula is C11H11ClF2N2O. The first-order chi connectivity index (χ1) is 7.87. The van der Waals surface area contributed by atoms with Crippen LogP contribution in [-0.2, 0) is 0 Å². The third-order valence-corrected chi connectivity index (χ3v) is 2.93. The third kappa shape index (κ3) is 2.72. The molecule has 1 fully saturated rings. The Morgan fingerprint density at radius 2 is 2.18 bits per heavy atom. The molecule has 1 aliphatic rings. The van der Waals surface area contributed by atoms with E-state index in [0.29, 0.717) is 16.4 Å². The lowest BCUT2D eigenvalue weighted by Crippen LogP contribution is -2.50. The van der Waals surface area contributed by atoms with Gasteiger partial charge in [-0.2, -0.15) is 0 Å². The van der Waals surface area contributed by atoms with Gasteiger partial charge in [0.2, 0.25) is 0 Å². The summed E-state index contributed by atoms with van der Waals surface area (Å²) in [6.45, 7) is 1.65. The Bertz CT molecular complexity index is 457. The van der Waals surface area contributed by atoms with Crippen LogP contribution in [0.15, 0.2) is 12.1 Å². The predicted octanol–water partition coefficient (Wildman–Crippen LogP) is 2.57. The summed E-state index contributed by atoms with van der Waals surface area (Å²) in [6, 6.07) is 2.59. The van der Waals surface area contributed by atoms with E-state index in [-0.39, 0.29) is 18.7 Å². The highest BCUT2D eigenvalue weighted by Gasteiger charge is 2.46. The van der Waals surface area contributed by atoms with Crippen molar-refractivity contribution >= 4 is 17.5 Å². The summed E-state index contributed by atoms with van der Waals surface area (Å²) in [5.41, 5.74) is 0.853. The maximum Gasteiger partial charge on any atom is 0.253 e. The first-order valence-electron chi connectivity index (χ1n) is 5.19. The van der Waals surface area contributed by atoms with E-state index in [1.165, 1.54) is 12.1 Å². The van der Waals surface area contributed by atoms with Crippen molar-refractivity contribution in [1.82, 2.24) is 10.3 Å². The summed E-state index contributed by atoms with van der Waals surface area (Å²) >= 11 is 5.66. The molecule has 17 heavy (non-hydrogen) atoms. The number of amides is 1. The van der Waals surface area contributed by atoms with Crippen molar-refractivity contribution in [2.45, 2.75) is 31.7 Å². The maximum atomic E-state index is 12.6.